The van der Waals surface area contributed by atoms with Gasteiger partial charge < -0.3 is 4.74 Å². The van der Waals surface area contributed by atoms with Crippen LogP contribution in [0.5, 0.6) is 11.6 Å². The fourth-order valence-electron chi connectivity index (χ4n) is 3.27. The Balaban J connectivity index is 1.62. The largest absolute Gasteiger partial charge is 0.437 e. The molecular formula is C24H19BrClN5O4. The fourth-order valence-corrected chi connectivity index (χ4v) is 3.86. The van der Waals surface area contributed by atoms with Crippen molar-refractivity contribution in [1.29, 1.82) is 0 Å². The molecule has 0 radical (unpaired) electrons. The molecule has 11 heteroatoms. The number of aromatic nitrogens is 3. The third kappa shape index (κ3) is 5.72. The number of hydrogen-bond donors (Lipinski definition) is 0. The van der Waals surface area contributed by atoms with Crippen LogP contribution in [-0.2, 0) is 6.42 Å². The molecule has 9 nitrogen and oxygen atoms in total. The molecule has 2 heterocycles. The SMILES string of the molecule is CCCCc1nc2ccc(Br)cc2c(=O)n1N=Cc1ccc(Oc2ccc([N+](=O)[O-])cn2)c(Cl)c1. The summed E-state index contributed by atoms with van der Waals surface area (Å²) in [6.45, 7) is 2.07. The van der Waals surface area contributed by atoms with Crippen molar-refractivity contribution >= 4 is 50.3 Å². The van der Waals surface area contributed by atoms with Crippen molar-refractivity contribution in [1.82, 2.24) is 14.6 Å². The minimum atomic E-state index is -0.541. The van der Waals surface area contributed by atoms with Crippen molar-refractivity contribution in [3.05, 3.63) is 96.1 Å². The standard InChI is InChI=1S/C24H19BrClN5O4/c1-2-3-4-22-29-20-8-6-16(25)12-18(20)24(32)30(22)28-13-15-5-9-21(19(26)11-15)35-23-10-7-17(14-27-23)31(33)34/h5-14H,2-4H2,1H3. The second-order valence-corrected chi connectivity index (χ2v) is 8.88. The van der Waals surface area contributed by atoms with Gasteiger partial charge in [0.1, 0.15) is 17.8 Å². The Morgan fingerprint density at radius 2 is 2.06 bits per heavy atom. The van der Waals surface area contributed by atoms with E-state index in [1.165, 1.54) is 23.0 Å². The quantitative estimate of drug-likeness (QED) is 0.146. The zero-order valence-corrected chi connectivity index (χ0v) is 20.9. The first-order chi connectivity index (χ1) is 16.9. The van der Waals surface area contributed by atoms with Crippen molar-refractivity contribution in [2.45, 2.75) is 26.2 Å². The van der Waals surface area contributed by atoms with Crippen molar-refractivity contribution < 1.29 is 9.66 Å². The van der Waals surface area contributed by atoms with Gasteiger partial charge >= 0.3 is 0 Å². The van der Waals surface area contributed by atoms with Crippen molar-refractivity contribution in [3.63, 3.8) is 0 Å². The summed E-state index contributed by atoms with van der Waals surface area (Å²) in [5.74, 6) is 1.07. The molecule has 0 saturated heterocycles. The lowest BCUT2D eigenvalue weighted by Crippen LogP contribution is -2.22. The van der Waals surface area contributed by atoms with Gasteiger partial charge in [0.2, 0.25) is 5.88 Å². The number of benzene rings is 2. The van der Waals surface area contributed by atoms with Crippen LogP contribution in [-0.4, -0.2) is 25.8 Å². The first-order valence-electron chi connectivity index (χ1n) is 10.7. The Labute approximate surface area is 213 Å². The molecule has 0 aliphatic heterocycles. The van der Waals surface area contributed by atoms with Crippen LogP contribution in [0.3, 0.4) is 0 Å². The van der Waals surface area contributed by atoms with Crippen LogP contribution in [0.4, 0.5) is 5.69 Å². The molecule has 0 unspecified atom stereocenters. The predicted octanol–water partition coefficient (Wildman–Crippen LogP) is 6.13. The number of rotatable bonds is 8. The zero-order chi connectivity index (χ0) is 24.9. The lowest BCUT2D eigenvalue weighted by molar-refractivity contribution is -0.385. The molecule has 0 bridgehead atoms. The average molecular weight is 557 g/mol. The van der Waals surface area contributed by atoms with E-state index in [2.05, 4.69) is 37.9 Å². The van der Waals surface area contributed by atoms with E-state index >= 15 is 0 Å². The Morgan fingerprint density at radius 3 is 2.74 bits per heavy atom. The molecule has 178 valence electrons. The summed E-state index contributed by atoms with van der Waals surface area (Å²) in [5, 5.41) is 15.9. The number of nitrogens with zero attached hydrogens (tertiary/aromatic N) is 5. The maximum atomic E-state index is 13.2. The molecule has 0 N–H and O–H groups in total. The lowest BCUT2D eigenvalue weighted by atomic mass is 10.2. The van der Waals surface area contributed by atoms with Gasteiger partial charge in [-0.2, -0.15) is 9.78 Å². The van der Waals surface area contributed by atoms with E-state index in [1.54, 1.807) is 24.3 Å². The number of fused-ring (bicyclic) bond motifs is 1. The van der Waals surface area contributed by atoms with Crippen LogP contribution in [0.1, 0.15) is 31.2 Å². The van der Waals surface area contributed by atoms with E-state index in [0.717, 1.165) is 23.5 Å². The summed E-state index contributed by atoms with van der Waals surface area (Å²) in [4.78, 5) is 32.0. The van der Waals surface area contributed by atoms with Gasteiger partial charge in [-0.3, -0.25) is 14.9 Å². The van der Waals surface area contributed by atoms with Gasteiger partial charge in [-0.15, -0.1) is 0 Å². The maximum absolute atomic E-state index is 13.2. The average Bonchev–Trinajstić information content (AvgIpc) is 2.84. The van der Waals surface area contributed by atoms with E-state index in [4.69, 9.17) is 16.3 Å². The summed E-state index contributed by atoms with van der Waals surface area (Å²) >= 11 is 9.76. The molecule has 2 aromatic heterocycles. The second kappa shape index (κ2) is 10.7. The van der Waals surface area contributed by atoms with Crippen LogP contribution in [0.2, 0.25) is 5.02 Å². The van der Waals surface area contributed by atoms with E-state index in [-0.39, 0.29) is 22.1 Å². The summed E-state index contributed by atoms with van der Waals surface area (Å²) in [5.41, 5.74) is 0.870. The summed E-state index contributed by atoms with van der Waals surface area (Å²) < 4.78 is 7.73. The van der Waals surface area contributed by atoms with Crippen LogP contribution >= 0.6 is 27.5 Å². The highest BCUT2D eigenvalue weighted by atomic mass is 79.9. The minimum Gasteiger partial charge on any atom is -0.437 e. The molecule has 35 heavy (non-hydrogen) atoms. The molecule has 0 aliphatic carbocycles. The van der Waals surface area contributed by atoms with Gasteiger partial charge in [0, 0.05) is 23.0 Å². The molecule has 0 spiro atoms. The number of nitro groups is 1. The highest BCUT2D eigenvalue weighted by Crippen LogP contribution is 2.29. The highest BCUT2D eigenvalue weighted by Gasteiger charge is 2.12. The first-order valence-corrected chi connectivity index (χ1v) is 11.9. The molecule has 4 rings (SSSR count). The molecule has 2 aromatic carbocycles. The maximum Gasteiger partial charge on any atom is 0.287 e. The number of ether oxygens (including phenoxy) is 1. The zero-order valence-electron chi connectivity index (χ0n) is 18.5. The molecule has 0 atom stereocenters. The molecular weight excluding hydrogens is 538 g/mol. The van der Waals surface area contributed by atoms with Gasteiger partial charge in [-0.1, -0.05) is 40.9 Å². The Bertz CT molecular complexity index is 1490. The topological polar surface area (TPSA) is 113 Å². The summed E-state index contributed by atoms with van der Waals surface area (Å²) in [7, 11) is 0. The van der Waals surface area contributed by atoms with Crippen LogP contribution in [0.15, 0.2) is 69.1 Å². The van der Waals surface area contributed by atoms with Crippen molar-refractivity contribution in [2.24, 2.45) is 5.10 Å². The Hall–Kier alpha value is -3.63. The molecule has 4 aromatic rings. The van der Waals surface area contributed by atoms with E-state index in [9.17, 15) is 14.9 Å². The molecule has 0 fully saturated rings. The number of hydrogen-bond acceptors (Lipinski definition) is 7. The Morgan fingerprint density at radius 1 is 1.23 bits per heavy atom. The Kier molecular flexibility index (Phi) is 7.52. The summed E-state index contributed by atoms with van der Waals surface area (Å²) in [6.07, 6.45) is 5.08. The van der Waals surface area contributed by atoms with Crippen LogP contribution < -0.4 is 10.3 Å². The smallest absolute Gasteiger partial charge is 0.287 e. The van der Waals surface area contributed by atoms with Gasteiger partial charge in [-0.05, 0) is 48.4 Å². The van der Waals surface area contributed by atoms with Crippen molar-refractivity contribution in [3.8, 4) is 11.6 Å². The number of aryl methyl sites for hydroxylation is 1. The monoisotopic (exact) mass is 555 g/mol. The third-order valence-corrected chi connectivity index (χ3v) is 5.84. The van der Waals surface area contributed by atoms with Gasteiger partial charge in [0.15, 0.2) is 0 Å². The van der Waals surface area contributed by atoms with E-state index in [0.29, 0.717) is 34.5 Å². The van der Waals surface area contributed by atoms with Crippen molar-refractivity contribution in [2.75, 3.05) is 0 Å². The summed E-state index contributed by atoms with van der Waals surface area (Å²) in [6, 6.07) is 13.1. The van der Waals surface area contributed by atoms with E-state index in [1.807, 2.05) is 12.1 Å². The molecule has 0 saturated carbocycles. The van der Waals surface area contributed by atoms with Gasteiger partial charge in [0.05, 0.1) is 27.1 Å². The minimum absolute atomic E-state index is 0.140. The number of halogens is 2. The number of unbranched alkanes of at least 4 members (excludes halogenated alkanes) is 1. The van der Waals surface area contributed by atoms with Gasteiger partial charge in [0.25, 0.3) is 11.2 Å². The van der Waals surface area contributed by atoms with Crippen LogP contribution in [0, 0.1) is 10.1 Å². The highest BCUT2D eigenvalue weighted by molar-refractivity contribution is 9.10. The second-order valence-electron chi connectivity index (χ2n) is 7.56. The molecule has 0 aliphatic rings. The van der Waals surface area contributed by atoms with E-state index < -0.39 is 4.92 Å². The fraction of sp³-hybridized carbons (Fsp3) is 0.167. The lowest BCUT2D eigenvalue weighted by Gasteiger charge is -2.09. The third-order valence-electron chi connectivity index (χ3n) is 5.05. The molecule has 0 amide bonds. The number of pyridine rings is 1. The first kappa shape index (κ1) is 24.5. The predicted molar refractivity (Wildman–Crippen MR) is 138 cm³/mol. The van der Waals surface area contributed by atoms with Gasteiger partial charge in [-0.25, -0.2) is 9.97 Å². The normalized spacial score (nSPS) is 11.3. The van der Waals surface area contributed by atoms with Crippen LogP contribution in [0.25, 0.3) is 10.9 Å².